The monoisotopic (exact) mass is 326 g/mol. The first kappa shape index (κ1) is 14.6. The predicted molar refractivity (Wildman–Crippen MR) is 73.1 cm³/mol. The Kier molecular flexibility index (Phi) is 3.85. The van der Waals surface area contributed by atoms with Gasteiger partial charge in [0.05, 0.1) is 10.6 Å². The summed E-state index contributed by atoms with van der Waals surface area (Å²) < 4.78 is 41.3. The van der Waals surface area contributed by atoms with Crippen molar-refractivity contribution >= 4 is 17.6 Å². The molecule has 0 fully saturated rings. The summed E-state index contributed by atoms with van der Waals surface area (Å²) in [5.41, 5.74) is 0.510. The molecule has 0 aromatic heterocycles. The lowest BCUT2D eigenvalue weighted by Crippen LogP contribution is -2.06. The second-order valence-electron chi connectivity index (χ2n) is 4.52. The number of hydrogen-bond acceptors (Lipinski definition) is 4. The van der Waals surface area contributed by atoms with Crippen molar-refractivity contribution in [3.05, 3.63) is 58.1 Å². The molecular weight excluding hydrogens is 318 g/mol. The Labute approximate surface area is 129 Å². The zero-order valence-corrected chi connectivity index (χ0v) is 11.8. The van der Waals surface area contributed by atoms with Crippen molar-refractivity contribution in [2.24, 2.45) is 0 Å². The maximum Gasteiger partial charge on any atom is 0.338 e. The highest BCUT2D eigenvalue weighted by atomic mass is 35.5. The largest absolute Gasteiger partial charge is 0.457 e. The smallest absolute Gasteiger partial charge is 0.338 e. The topological polar surface area (TPSA) is 44.8 Å². The molecule has 0 aliphatic carbocycles. The summed E-state index contributed by atoms with van der Waals surface area (Å²) in [5, 5.41) is 0.342. The lowest BCUT2D eigenvalue weighted by molar-refractivity contribution is 0.0471. The van der Waals surface area contributed by atoms with Crippen LogP contribution in [0, 0.1) is 11.6 Å². The Morgan fingerprint density at radius 3 is 2.77 bits per heavy atom. The predicted octanol–water partition coefficient (Wildman–Crippen LogP) is 3.70. The zero-order valence-electron chi connectivity index (χ0n) is 11.1. The number of ether oxygens (including phenoxy) is 3. The Morgan fingerprint density at radius 1 is 1.18 bits per heavy atom. The van der Waals surface area contributed by atoms with Gasteiger partial charge in [0.25, 0.3) is 0 Å². The molecule has 0 spiro atoms. The van der Waals surface area contributed by atoms with Gasteiger partial charge in [0.15, 0.2) is 23.1 Å². The number of esters is 1. The van der Waals surface area contributed by atoms with Gasteiger partial charge < -0.3 is 14.2 Å². The Balaban J connectivity index is 1.71. The summed E-state index contributed by atoms with van der Waals surface area (Å²) in [6.07, 6.45) is 0. The summed E-state index contributed by atoms with van der Waals surface area (Å²) >= 11 is 6.01. The van der Waals surface area contributed by atoms with Crippen molar-refractivity contribution in [1.82, 2.24) is 0 Å². The Morgan fingerprint density at radius 2 is 2.00 bits per heavy atom. The van der Waals surface area contributed by atoms with Crippen molar-refractivity contribution < 1.29 is 27.8 Å². The van der Waals surface area contributed by atoms with Crippen LogP contribution in [0.3, 0.4) is 0 Å². The standard InChI is InChI=1S/C15H9ClF2O4/c16-10-3-8(4-13-14(10)22-7-21-13)6-20-15(19)9-1-2-11(17)12(18)5-9/h1-5H,6-7H2. The number of hydrogen-bond donors (Lipinski definition) is 0. The molecule has 0 N–H and O–H groups in total. The third-order valence-electron chi connectivity index (χ3n) is 3.01. The fraction of sp³-hybridized carbons (Fsp3) is 0.133. The first-order valence-electron chi connectivity index (χ1n) is 6.25. The molecule has 4 nitrogen and oxygen atoms in total. The molecule has 22 heavy (non-hydrogen) atoms. The molecule has 1 heterocycles. The van der Waals surface area contributed by atoms with E-state index in [0.29, 0.717) is 22.1 Å². The van der Waals surface area contributed by atoms with E-state index in [0.717, 1.165) is 18.2 Å². The van der Waals surface area contributed by atoms with Gasteiger partial charge in [-0.3, -0.25) is 0 Å². The third-order valence-corrected chi connectivity index (χ3v) is 3.29. The number of carbonyl (C=O) groups excluding carboxylic acids is 1. The molecule has 0 bridgehead atoms. The van der Waals surface area contributed by atoms with Crippen LogP contribution in [0.1, 0.15) is 15.9 Å². The Bertz CT molecular complexity index is 749. The highest BCUT2D eigenvalue weighted by Crippen LogP contribution is 2.39. The first-order valence-corrected chi connectivity index (χ1v) is 6.62. The fourth-order valence-electron chi connectivity index (χ4n) is 1.96. The van der Waals surface area contributed by atoms with E-state index in [1.165, 1.54) is 0 Å². The summed E-state index contributed by atoms with van der Waals surface area (Å²) in [6, 6.07) is 6.00. The number of benzene rings is 2. The van der Waals surface area contributed by atoms with E-state index in [2.05, 4.69) is 0 Å². The molecule has 1 aliphatic rings. The molecule has 7 heteroatoms. The highest BCUT2D eigenvalue weighted by Gasteiger charge is 2.19. The lowest BCUT2D eigenvalue weighted by atomic mass is 10.2. The summed E-state index contributed by atoms with van der Waals surface area (Å²) in [7, 11) is 0. The highest BCUT2D eigenvalue weighted by molar-refractivity contribution is 6.32. The van der Waals surface area contributed by atoms with E-state index in [-0.39, 0.29) is 19.0 Å². The number of rotatable bonds is 3. The van der Waals surface area contributed by atoms with Crippen LogP contribution in [0.2, 0.25) is 5.02 Å². The minimum Gasteiger partial charge on any atom is -0.457 e. The van der Waals surface area contributed by atoms with Gasteiger partial charge in [0.2, 0.25) is 6.79 Å². The maximum atomic E-state index is 13.1. The van der Waals surface area contributed by atoms with E-state index in [1.807, 2.05) is 0 Å². The molecule has 2 aromatic carbocycles. The molecular formula is C15H9ClF2O4. The molecule has 0 unspecified atom stereocenters. The SMILES string of the molecule is O=C(OCc1cc(Cl)c2c(c1)OCO2)c1ccc(F)c(F)c1. The van der Waals surface area contributed by atoms with Crippen LogP contribution in [0.5, 0.6) is 11.5 Å². The van der Waals surface area contributed by atoms with Crippen LogP contribution in [0.4, 0.5) is 8.78 Å². The first-order chi connectivity index (χ1) is 10.5. The summed E-state index contributed by atoms with van der Waals surface area (Å²) in [5.74, 6) is -2.00. The minimum atomic E-state index is -1.11. The van der Waals surface area contributed by atoms with Crippen molar-refractivity contribution in [2.45, 2.75) is 6.61 Å². The molecule has 0 saturated heterocycles. The Hall–Kier alpha value is -2.34. The zero-order chi connectivity index (χ0) is 15.7. The van der Waals surface area contributed by atoms with Gasteiger partial charge in [-0.15, -0.1) is 0 Å². The van der Waals surface area contributed by atoms with Crippen LogP contribution >= 0.6 is 11.6 Å². The van der Waals surface area contributed by atoms with Crippen LogP contribution in [0.25, 0.3) is 0 Å². The summed E-state index contributed by atoms with van der Waals surface area (Å²) in [4.78, 5) is 11.8. The third kappa shape index (κ3) is 2.82. The normalized spacial score (nSPS) is 12.3. The van der Waals surface area contributed by atoms with Crippen molar-refractivity contribution in [1.29, 1.82) is 0 Å². The van der Waals surface area contributed by atoms with E-state index in [4.69, 9.17) is 25.8 Å². The van der Waals surface area contributed by atoms with Crippen LogP contribution in [-0.2, 0) is 11.3 Å². The van der Waals surface area contributed by atoms with Gasteiger partial charge in [0, 0.05) is 0 Å². The average Bonchev–Trinajstić information content (AvgIpc) is 2.96. The van der Waals surface area contributed by atoms with E-state index < -0.39 is 17.6 Å². The van der Waals surface area contributed by atoms with Crippen LogP contribution < -0.4 is 9.47 Å². The molecule has 0 radical (unpaired) electrons. The average molecular weight is 327 g/mol. The number of fused-ring (bicyclic) bond motifs is 1. The number of halogens is 3. The molecule has 0 atom stereocenters. The minimum absolute atomic E-state index is 0.0765. The van der Waals surface area contributed by atoms with Gasteiger partial charge in [-0.05, 0) is 35.9 Å². The summed E-state index contributed by atoms with van der Waals surface area (Å²) in [6.45, 7) is -0.0126. The molecule has 2 aromatic rings. The molecule has 0 saturated carbocycles. The second kappa shape index (κ2) is 5.81. The van der Waals surface area contributed by atoms with E-state index >= 15 is 0 Å². The van der Waals surface area contributed by atoms with Crippen LogP contribution in [-0.4, -0.2) is 12.8 Å². The van der Waals surface area contributed by atoms with Gasteiger partial charge in [-0.2, -0.15) is 0 Å². The van der Waals surface area contributed by atoms with E-state index in [1.54, 1.807) is 12.1 Å². The van der Waals surface area contributed by atoms with Gasteiger partial charge in [0.1, 0.15) is 6.61 Å². The van der Waals surface area contributed by atoms with Gasteiger partial charge in [-0.25, -0.2) is 13.6 Å². The van der Waals surface area contributed by atoms with Crippen molar-refractivity contribution in [3.8, 4) is 11.5 Å². The maximum absolute atomic E-state index is 13.1. The second-order valence-corrected chi connectivity index (χ2v) is 4.92. The molecule has 114 valence electrons. The van der Waals surface area contributed by atoms with Gasteiger partial charge in [-0.1, -0.05) is 11.6 Å². The van der Waals surface area contributed by atoms with Crippen molar-refractivity contribution in [2.75, 3.05) is 6.79 Å². The molecule has 1 aliphatic heterocycles. The molecule has 0 amide bonds. The molecule has 3 rings (SSSR count). The lowest BCUT2D eigenvalue weighted by Gasteiger charge is -2.07. The van der Waals surface area contributed by atoms with Crippen LogP contribution in [0.15, 0.2) is 30.3 Å². The van der Waals surface area contributed by atoms with Gasteiger partial charge >= 0.3 is 5.97 Å². The number of carbonyl (C=O) groups is 1. The van der Waals surface area contributed by atoms with Crippen molar-refractivity contribution in [3.63, 3.8) is 0 Å². The van der Waals surface area contributed by atoms with E-state index in [9.17, 15) is 13.6 Å². The quantitative estimate of drug-likeness (QED) is 0.807. The fourth-order valence-corrected chi connectivity index (χ4v) is 2.25.